The predicted molar refractivity (Wildman–Crippen MR) is 316 cm³/mol. The van der Waals surface area contributed by atoms with Crippen LogP contribution in [0.5, 0.6) is 0 Å². The molecule has 0 rings (SSSR count). The summed E-state index contributed by atoms with van der Waals surface area (Å²) in [5, 5.41) is 14.1. The second-order valence-corrected chi connectivity index (χ2v) is 23.8. The molecule has 3 atom stereocenters. The quantitative estimate of drug-likeness (QED) is 0.0272. The molecule has 0 heterocycles. The largest absolute Gasteiger partial charge is 0.756 e. The summed E-state index contributed by atoms with van der Waals surface area (Å²) in [7, 11) is 1.31. The van der Waals surface area contributed by atoms with E-state index in [1.54, 1.807) is 0 Å². The van der Waals surface area contributed by atoms with Crippen LogP contribution in [-0.4, -0.2) is 68.5 Å². The number of phosphoric acid groups is 1. The number of allylic oxidation sites excluding steroid dienone is 10. The maximum atomic E-state index is 13.0. The third kappa shape index (κ3) is 57.7. The standard InChI is InChI=1S/C64H121N2O6P/c1-6-8-10-12-14-16-18-20-22-24-26-28-30-32-33-34-36-38-40-42-44-46-48-50-52-54-56-58-64(68)65-62(61-72-73(69,70)71-60-59-66(3,4)5)63(67)57-55-53-51-49-47-45-43-41-39-37-35-31-29-27-25-23-21-19-17-15-13-11-9-7-2/h8,10,14,16,20,22,26,28,32-33,62-63,67H,6-7,9,11-13,15,17-19,21,23-25,27,29-31,34-61H2,1-5H3,(H-,65,68,69,70)/b10-8-,16-14-,22-20-,28-26-,33-32-. The third-order valence-corrected chi connectivity index (χ3v) is 15.0. The van der Waals surface area contributed by atoms with Gasteiger partial charge in [0.1, 0.15) is 13.2 Å². The minimum Gasteiger partial charge on any atom is -0.756 e. The Morgan fingerprint density at radius 2 is 0.836 bits per heavy atom. The number of hydrogen-bond donors (Lipinski definition) is 2. The van der Waals surface area contributed by atoms with E-state index in [2.05, 4.69) is 79.9 Å². The van der Waals surface area contributed by atoms with Gasteiger partial charge in [-0.3, -0.25) is 9.36 Å². The number of aliphatic hydroxyl groups excluding tert-OH is 1. The zero-order valence-corrected chi connectivity index (χ0v) is 49.7. The number of rotatable bonds is 57. The van der Waals surface area contributed by atoms with Crippen molar-refractivity contribution in [1.29, 1.82) is 0 Å². The molecule has 0 aromatic rings. The first-order chi connectivity index (χ1) is 35.5. The first-order valence-electron chi connectivity index (χ1n) is 31.1. The van der Waals surface area contributed by atoms with E-state index in [0.29, 0.717) is 23.9 Å². The molecule has 428 valence electrons. The SMILES string of the molecule is CC/C=C\C/C=C\C/C=C\C/C=C\C/C=C\CCCCCCCCCCCCCC(=O)NC(COP(=O)([O-])OCC[N+](C)(C)C)C(O)CCCCCCCCCCCCCCCCCCCCCCCCCC. The monoisotopic (exact) mass is 1040 g/mol. The van der Waals surface area contributed by atoms with E-state index >= 15 is 0 Å². The Bertz CT molecular complexity index is 1370. The predicted octanol–water partition coefficient (Wildman–Crippen LogP) is 18.6. The number of aliphatic hydroxyl groups is 1. The van der Waals surface area contributed by atoms with Gasteiger partial charge in [-0.25, -0.2) is 0 Å². The highest BCUT2D eigenvalue weighted by molar-refractivity contribution is 7.45. The molecule has 8 nitrogen and oxygen atoms in total. The first kappa shape index (κ1) is 71.2. The average molecular weight is 1050 g/mol. The highest BCUT2D eigenvalue weighted by atomic mass is 31.2. The zero-order valence-electron chi connectivity index (χ0n) is 48.8. The van der Waals surface area contributed by atoms with E-state index in [1.165, 1.54) is 193 Å². The average Bonchev–Trinajstić information content (AvgIpc) is 3.35. The van der Waals surface area contributed by atoms with Gasteiger partial charge < -0.3 is 28.8 Å². The Hall–Kier alpha value is -1.80. The minimum atomic E-state index is -4.58. The molecule has 9 heteroatoms. The fourth-order valence-electron chi connectivity index (χ4n) is 9.19. The fourth-order valence-corrected chi connectivity index (χ4v) is 9.91. The van der Waals surface area contributed by atoms with E-state index in [1.807, 2.05) is 21.1 Å². The van der Waals surface area contributed by atoms with E-state index < -0.39 is 20.0 Å². The van der Waals surface area contributed by atoms with Gasteiger partial charge in [-0.1, -0.05) is 286 Å². The van der Waals surface area contributed by atoms with Crippen LogP contribution < -0.4 is 10.2 Å². The van der Waals surface area contributed by atoms with Gasteiger partial charge in [-0.2, -0.15) is 0 Å². The summed E-state index contributed by atoms with van der Waals surface area (Å²) in [5.41, 5.74) is 0. The van der Waals surface area contributed by atoms with E-state index in [0.717, 1.165) is 70.6 Å². The van der Waals surface area contributed by atoms with Crippen molar-refractivity contribution in [2.24, 2.45) is 0 Å². The first-order valence-corrected chi connectivity index (χ1v) is 32.6. The van der Waals surface area contributed by atoms with Gasteiger partial charge in [0.15, 0.2) is 0 Å². The van der Waals surface area contributed by atoms with Crippen LogP contribution in [0.1, 0.15) is 290 Å². The van der Waals surface area contributed by atoms with Gasteiger partial charge in [0.05, 0.1) is 39.9 Å². The second-order valence-electron chi connectivity index (χ2n) is 22.4. The topological polar surface area (TPSA) is 108 Å². The van der Waals surface area contributed by atoms with Gasteiger partial charge in [-0.05, 0) is 57.8 Å². The van der Waals surface area contributed by atoms with Gasteiger partial charge in [-0.15, -0.1) is 0 Å². The lowest BCUT2D eigenvalue weighted by Gasteiger charge is -2.30. The molecule has 0 aromatic heterocycles. The van der Waals surface area contributed by atoms with Gasteiger partial charge >= 0.3 is 0 Å². The molecule has 0 spiro atoms. The summed E-state index contributed by atoms with van der Waals surface area (Å²) < 4.78 is 23.5. The molecular formula is C64H121N2O6P. The lowest BCUT2D eigenvalue weighted by atomic mass is 10.0. The van der Waals surface area contributed by atoms with E-state index in [-0.39, 0.29) is 19.1 Å². The molecular weight excluding hydrogens is 924 g/mol. The van der Waals surface area contributed by atoms with Crippen molar-refractivity contribution in [2.45, 2.75) is 302 Å². The number of carbonyl (C=O) groups is 1. The normalized spacial score (nSPS) is 14.2. The van der Waals surface area contributed by atoms with Crippen LogP contribution in [-0.2, 0) is 18.4 Å². The van der Waals surface area contributed by atoms with E-state index in [9.17, 15) is 19.4 Å². The summed E-state index contributed by atoms with van der Waals surface area (Å²) in [6, 6.07) is -0.806. The van der Waals surface area contributed by atoms with Crippen LogP contribution in [0.4, 0.5) is 0 Å². The van der Waals surface area contributed by atoms with Gasteiger partial charge in [0, 0.05) is 6.42 Å². The molecule has 0 bridgehead atoms. The Balaban J connectivity index is 4.13. The van der Waals surface area contributed by atoms with Gasteiger partial charge in [0.25, 0.3) is 7.82 Å². The Morgan fingerprint density at radius 3 is 1.22 bits per heavy atom. The maximum Gasteiger partial charge on any atom is 0.268 e. The van der Waals surface area contributed by atoms with Crippen LogP contribution in [0.3, 0.4) is 0 Å². The van der Waals surface area contributed by atoms with Crippen molar-refractivity contribution < 1.29 is 32.9 Å². The zero-order chi connectivity index (χ0) is 53.5. The van der Waals surface area contributed by atoms with Crippen molar-refractivity contribution in [3.63, 3.8) is 0 Å². The lowest BCUT2D eigenvalue weighted by molar-refractivity contribution is -0.870. The van der Waals surface area contributed by atoms with Crippen LogP contribution in [0.15, 0.2) is 60.8 Å². The summed E-state index contributed by atoms with van der Waals surface area (Å²) in [6.07, 6.45) is 74.0. The van der Waals surface area contributed by atoms with Gasteiger partial charge in [0.2, 0.25) is 5.91 Å². The third-order valence-electron chi connectivity index (χ3n) is 14.0. The molecule has 0 saturated heterocycles. The molecule has 73 heavy (non-hydrogen) atoms. The molecule has 0 radical (unpaired) electrons. The number of carbonyl (C=O) groups excluding carboxylic acids is 1. The molecule has 0 fully saturated rings. The highest BCUT2D eigenvalue weighted by Gasteiger charge is 2.24. The van der Waals surface area contributed by atoms with Crippen LogP contribution in [0.25, 0.3) is 0 Å². The van der Waals surface area contributed by atoms with Crippen molar-refractivity contribution in [2.75, 3.05) is 40.9 Å². The van der Waals surface area contributed by atoms with Crippen molar-refractivity contribution in [1.82, 2.24) is 5.32 Å². The fraction of sp³-hybridized carbons (Fsp3) is 0.828. The number of nitrogens with one attached hydrogen (secondary N) is 1. The summed E-state index contributed by atoms with van der Waals surface area (Å²) in [6.45, 7) is 4.64. The number of phosphoric ester groups is 1. The molecule has 0 aliphatic heterocycles. The van der Waals surface area contributed by atoms with Crippen molar-refractivity contribution in [3.05, 3.63) is 60.8 Å². The van der Waals surface area contributed by atoms with E-state index in [4.69, 9.17) is 9.05 Å². The molecule has 2 N–H and O–H groups in total. The molecule has 0 aliphatic carbocycles. The lowest BCUT2D eigenvalue weighted by Crippen LogP contribution is -2.46. The number of hydrogen-bond acceptors (Lipinski definition) is 6. The molecule has 3 unspecified atom stereocenters. The number of amides is 1. The highest BCUT2D eigenvalue weighted by Crippen LogP contribution is 2.38. The molecule has 1 amide bonds. The number of unbranched alkanes of at least 4 members (excludes halogenated alkanes) is 34. The number of likely N-dealkylation sites (N-methyl/N-ethyl adjacent to an activating group) is 1. The maximum absolute atomic E-state index is 13.0. The van der Waals surface area contributed by atoms with Crippen LogP contribution >= 0.6 is 7.82 Å². The van der Waals surface area contributed by atoms with Crippen molar-refractivity contribution in [3.8, 4) is 0 Å². The Kier molecular flexibility index (Phi) is 53.6. The van der Waals surface area contributed by atoms with Crippen molar-refractivity contribution >= 4 is 13.7 Å². The summed E-state index contributed by atoms with van der Waals surface area (Å²) in [5.74, 6) is -0.166. The Morgan fingerprint density at radius 1 is 0.493 bits per heavy atom. The van der Waals surface area contributed by atoms with Crippen LogP contribution in [0, 0.1) is 0 Å². The Labute approximate surface area is 453 Å². The summed E-state index contributed by atoms with van der Waals surface area (Å²) >= 11 is 0. The minimum absolute atomic E-state index is 0.0103. The molecule has 0 aromatic carbocycles. The second kappa shape index (κ2) is 55.0. The molecule has 0 aliphatic rings. The molecule has 0 saturated carbocycles. The number of nitrogens with zero attached hydrogens (tertiary/aromatic N) is 1. The smallest absolute Gasteiger partial charge is 0.268 e. The number of quaternary nitrogens is 1. The van der Waals surface area contributed by atoms with Crippen LogP contribution in [0.2, 0.25) is 0 Å². The summed E-state index contributed by atoms with van der Waals surface area (Å²) in [4.78, 5) is 25.6.